The Balaban J connectivity index is 1.85. The summed E-state index contributed by atoms with van der Waals surface area (Å²) in [6.45, 7) is 1.13. The molecule has 1 N–H and O–H groups in total. The first-order chi connectivity index (χ1) is 9.33. The third-order valence-electron chi connectivity index (χ3n) is 3.40. The van der Waals surface area contributed by atoms with Crippen molar-refractivity contribution in [2.75, 3.05) is 6.54 Å². The Kier molecular flexibility index (Phi) is 4.12. The Morgan fingerprint density at radius 3 is 2.58 bits per heavy atom. The van der Waals surface area contributed by atoms with Crippen LogP contribution in [0.5, 0.6) is 0 Å². The molecule has 0 bridgehead atoms. The molecule has 1 aliphatic rings. The quantitative estimate of drug-likeness (QED) is 0.861. The lowest BCUT2D eigenvalue weighted by molar-refractivity contribution is 0.636. The second-order valence-corrected chi connectivity index (χ2v) is 6.29. The van der Waals surface area contributed by atoms with Gasteiger partial charge in [-0.1, -0.05) is 41.6 Å². The van der Waals surface area contributed by atoms with Crippen LogP contribution >= 0.6 is 23.4 Å². The van der Waals surface area contributed by atoms with Crippen molar-refractivity contribution in [3.8, 4) is 0 Å². The number of halogens is 1. The average molecular weight is 290 g/mol. The zero-order valence-electron chi connectivity index (χ0n) is 10.6. The minimum Gasteiger partial charge on any atom is -0.310 e. The lowest BCUT2D eigenvalue weighted by atomic mass is 10.1. The van der Waals surface area contributed by atoms with Gasteiger partial charge in [0.05, 0.1) is 0 Å². The van der Waals surface area contributed by atoms with E-state index < -0.39 is 0 Å². The van der Waals surface area contributed by atoms with E-state index in [1.807, 2.05) is 23.9 Å². The van der Waals surface area contributed by atoms with Gasteiger partial charge in [0.2, 0.25) is 0 Å². The first kappa shape index (κ1) is 13.0. The van der Waals surface area contributed by atoms with Gasteiger partial charge < -0.3 is 5.32 Å². The number of benzene rings is 2. The van der Waals surface area contributed by atoms with E-state index in [2.05, 4.69) is 41.7 Å². The Hall–Kier alpha value is -0.960. The summed E-state index contributed by atoms with van der Waals surface area (Å²) in [6, 6.07) is 17.2. The molecule has 3 heteroatoms. The lowest BCUT2D eigenvalue weighted by Crippen LogP contribution is -2.13. The summed E-state index contributed by atoms with van der Waals surface area (Å²) in [6.07, 6.45) is 2.50. The zero-order valence-corrected chi connectivity index (χ0v) is 12.2. The third-order valence-corrected chi connectivity index (χ3v) is 4.75. The highest BCUT2D eigenvalue weighted by molar-refractivity contribution is 7.99. The highest BCUT2D eigenvalue weighted by atomic mass is 35.5. The topological polar surface area (TPSA) is 12.0 Å². The molecule has 1 aliphatic heterocycles. The predicted molar refractivity (Wildman–Crippen MR) is 82.0 cm³/mol. The van der Waals surface area contributed by atoms with Crippen molar-refractivity contribution in [3.63, 3.8) is 0 Å². The highest BCUT2D eigenvalue weighted by Crippen LogP contribution is 2.36. The van der Waals surface area contributed by atoms with E-state index in [9.17, 15) is 0 Å². The molecular weight excluding hydrogens is 274 g/mol. The van der Waals surface area contributed by atoms with Gasteiger partial charge in [0.1, 0.15) is 0 Å². The van der Waals surface area contributed by atoms with Crippen LogP contribution in [0.2, 0.25) is 5.02 Å². The van der Waals surface area contributed by atoms with Crippen molar-refractivity contribution in [2.45, 2.75) is 28.7 Å². The maximum Gasteiger partial charge on any atom is 0.0406 e. The Bertz CT molecular complexity index is 547. The SMILES string of the molecule is Clc1ccc(Sc2ccccc2[C@@H]2CCCN2)cc1. The van der Waals surface area contributed by atoms with Crippen LogP contribution in [0.1, 0.15) is 24.4 Å². The normalized spacial score (nSPS) is 18.7. The molecule has 98 valence electrons. The molecule has 2 aromatic carbocycles. The number of rotatable bonds is 3. The third kappa shape index (κ3) is 3.14. The molecule has 1 atom stereocenters. The van der Waals surface area contributed by atoms with Crippen molar-refractivity contribution in [3.05, 3.63) is 59.1 Å². The van der Waals surface area contributed by atoms with Crippen LogP contribution < -0.4 is 5.32 Å². The number of hydrogen-bond donors (Lipinski definition) is 1. The molecule has 3 rings (SSSR count). The molecule has 0 saturated carbocycles. The second-order valence-electron chi connectivity index (χ2n) is 4.74. The van der Waals surface area contributed by atoms with E-state index in [-0.39, 0.29) is 0 Å². The minimum absolute atomic E-state index is 0.510. The molecule has 0 radical (unpaired) electrons. The summed E-state index contributed by atoms with van der Waals surface area (Å²) in [5.41, 5.74) is 1.42. The Labute approximate surface area is 123 Å². The van der Waals surface area contributed by atoms with Crippen LogP contribution in [-0.4, -0.2) is 6.54 Å². The first-order valence-corrected chi connectivity index (χ1v) is 7.78. The zero-order chi connectivity index (χ0) is 13.1. The molecule has 2 aromatic rings. The van der Waals surface area contributed by atoms with Gasteiger partial charge in [-0.2, -0.15) is 0 Å². The Morgan fingerprint density at radius 1 is 1.05 bits per heavy atom. The lowest BCUT2D eigenvalue weighted by Gasteiger charge is -2.15. The van der Waals surface area contributed by atoms with E-state index in [0.29, 0.717) is 6.04 Å². The van der Waals surface area contributed by atoms with Crippen molar-refractivity contribution < 1.29 is 0 Å². The molecule has 1 nitrogen and oxygen atoms in total. The molecule has 0 aromatic heterocycles. The molecule has 0 amide bonds. The molecule has 0 aliphatic carbocycles. The van der Waals surface area contributed by atoms with E-state index >= 15 is 0 Å². The molecule has 1 heterocycles. The monoisotopic (exact) mass is 289 g/mol. The summed E-state index contributed by atoms with van der Waals surface area (Å²) in [4.78, 5) is 2.57. The number of nitrogens with one attached hydrogen (secondary N) is 1. The van der Waals surface area contributed by atoms with Crippen LogP contribution in [0, 0.1) is 0 Å². The second kappa shape index (κ2) is 6.00. The van der Waals surface area contributed by atoms with Crippen LogP contribution in [-0.2, 0) is 0 Å². The molecule has 0 unspecified atom stereocenters. The molecular formula is C16H16ClNS. The van der Waals surface area contributed by atoms with Crippen LogP contribution in [0.25, 0.3) is 0 Å². The fourth-order valence-electron chi connectivity index (χ4n) is 2.44. The van der Waals surface area contributed by atoms with Gasteiger partial charge in [0.25, 0.3) is 0 Å². The highest BCUT2D eigenvalue weighted by Gasteiger charge is 2.19. The largest absolute Gasteiger partial charge is 0.310 e. The first-order valence-electron chi connectivity index (χ1n) is 6.59. The summed E-state index contributed by atoms with van der Waals surface area (Å²) in [7, 11) is 0. The smallest absolute Gasteiger partial charge is 0.0406 e. The van der Waals surface area contributed by atoms with E-state index in [1.165, 1.54) is 28.2 Å². The van der Waals surface area contributed by atoms with Gasteiger partial charge in [-0.05, 0) is 55.3 Å². The Morgan fingerprint density at radius 2 is 1.84 bits per heavy atom. The van der Waals surface area contributed by atoms with E-state index in [0.717, 1.165) is 11.6 Å². The van der Waals surface area contributed by atoms with Gasteiger partial charge in [-0.15, -0.1) is 0 Å². The average Bonchev–Trinajstić information content (AvgIpc) is 2.96. The van der Waals surface area contributed by atoms with Crippen molar-refractivity contribution >= 4 is 23.4 Å². The van der Waals surface area contributed by atoms with E-state index in [1.54, 1.807) is 0 Å². The molecule has 1 fully saturated rings. The van der Waals surface area contributed by atoms with Gasteiger partial charge in [0, 0.05) is 20.9 Å². The summed E-state index contributed by atoms with van der Waals surface area (Å²) < 4.78 is 0. The van der Waals surface area contributed by atoms with Crippen LogP contribution in [0.4, 0.5) is 0 Å². The summed E-state index contributed by atoms with van der Waals surface area (Å²) in [5.74, 6) is 0. The maximum absolute atomic E-state index is 5.93. The van der Waals surface area contributed by atoms with Crippen molar-refractivity contribution in [1.29, 1.82) is 0 Å². The fourth-order valence-corrected chi connectivity index (χ4v) is 3.57. The van der Waals surface area contributed by atoms with Gasteiger partial charge in [-0.3, -0.25) is 0 Å². The summed E-state index contributed by atoms with van der Waals surface area (Å²) >= 11 is 7.74. The molecule has 19 heavy (non-hydrogen) atoms. The fraction of sp³-hybridized carbons (Fsp3) is 0.250. The van der Waals surface area contributed by atoms with Crippen LogP contribution in [0.3, 0.4) is 0 Å². The van der Waals surface area contributed by atoms with Crippen molar-refractivity contribution in [1.82, 2.24) is 5.32 Å². The molecule has 1 saturated heterocycles. The van der Waals surface area contributed by atoms with E-state index in [4.69, 9.17) is 11.6 Å². The maximum atomic E-state index is 5.93. The molecule has 0 spiro atoms. The predicted octanol–water partition coefficient (Wildman–Crippen LogP) is 4.92. The van der Waals surface area contributed by atoms with Gasteiger partial charge in [-0.25, -0.2) is 0 Å². The number of hydrogen-bond acceptors (Lipinski definition) is 2. The standard InChI is InChI=1S/C16H16ClNS/c17-12-7-9-13(10-8-12)19-16-6-2-1-4-14(16)15-5-3-11-18-15/h1-2,4,6-10,15,18H,3,5,11H2/t15-/m0/s1. The minimum atomic E-state index is 0.510. The van der Waals surface area contributed by atoms with Crippen molar-refractivity contribution in [2.24, 2.45) is 0 Å². The van der Waals surface area contributed by atoms with Gasteiger partial charge in [0.15, 0.2) is 0 Å². The van der Waals surface area contributed by atoms with Gasteiger partial charge >= 0.3 is 0 Å². The summed E-state index contributed by atoms with van der Waals surface area (Å²) in [5, 5.41) is 4.36. The van der Waals surface area contributed by atoms with Crippen LogP contribution in [0.15, 0.2) is 58.3 Å².